The second kappa shape index (κ2) is 3.83. The van der Waals surface area contributed by atoms with E-state index in [1.54, 1.807) is 0 Å². The van der Waals surface area contributed by atoms with Gasteiger partial charge in [0.05, 0.1) is 12.3 Å². The largest absolute Gasteiger partial charge is 0.316 e. The smallest absolute Gasteiger partial charge is 0.0555 e. The zero-order valence-electron chi connectivity index (χ0n) is 5.52. The molecule has 0 amide bonds. The van der Waals surface area contributed by atoms with Crippen LogP contribution in [0.1, 0.15) is 20.3 Å². The normalized spacial score (nSPS) is 18.0. The Balaban J connectivity index is 3.10. The van der Waals surface area contributed by atoms with E-state index >= 15 is 0 Å². The van der Waals surface area contributed by atoms with E-state index in [2.05, 4.69) is 5.32 Å². The highest BCUT2D eigenvalue weighted by Crippen LogP contribution is 1.79. The molecule has 0 heterocycles. The summed E-state index contributed by atoms with van der Waals surface area (Å²) in [7, 11) is 0. The fourth-order valence-corrected chi connectivity index (χ4v) is 0.456. The van der Waals surface area contributed by atoms with Crippen molar-refractivity contribution in [2.45, 2.75) is 32.6 Å². The monoisotopic (exact) mass is 117 g/mol. The van der Waals surface area contributed by atoms with Crippen LogP contribution >= 0.6 is 0 Å². The van der Waals surface area contributed by atoms with Crippen molar-refractivity contribution < 1.29 is 0 Å². The van der Waals surface area contributed by atoms with Crippen LogP contribution in [0.25, 0.3) is 0 Å². The van der Waals surface area contributed by atoms with Crippen LogP contribution in [0.5, 0.6) is 0 Å². The number of rotatable bonds is 3. The van der Waals surface area contributed by atoms with Crippen LogP contribution in [0.4, 0.5) is 0 Å². The Hall–Kier alpha value is -0.120. The third-order valence-electron chi connectivity index (χ3n) is 0.917. The maximum Gasteiger partial charge on any atom is 0.0555 e. The highest BCUT2D eigenvalue weighted by Gasteiger charge is 1.97. The highest BCUT2D eigenvalue weighted by atomic mass is 15.1. The molecule has 0 aromatic rings. The Labute approximate surface area is 50.4 Å². The molecule has 3 nitrogen and oxygen atoms in total. The van der Waals surface area contributed by atoms with Crippen LogP contribution in [0.15, 0.2) is 0 Å². The molecule has 2 atom stereocenters. The molecule has 50 valence electrons. The molecular formula is C5H15N3. The molecule has 0 aromatic carbocycles. The van der Waals surface area contributed by atoms with Gasteiger partial charge in [0.2, 0.25) is 0 Å². The second-order valence-electron chi connectivity index (χ2n) is 1.97. The maximum atomic E-state index is 5.48. The molecule has 0 aromatic heterocycles. The predicted octanol–water partition coefficient (Wildman–Crippen LogP) is -0.424. The summed E-state index contributed by atoms with van der Waals surface area (Å²) in [5.74, 6) is 0. The highest BCUT2D eigenvalue weighted by molar-refractivity contribution is 4.57. The topological polar surface area (TPSA) is 64.1 Å². The average Bonchev–Trinajstić information content (AvgIpc) is 1.65. The summed E-state index contributed by atoms with van der Waals surface area (Å²) in [5, 5.41) is 2.95. The fraction of sp³-hybridized carbons (Fsp3) is 1.00. The third kappa shape index (κ3) is 4.05. The Morgan fingerprint density at radius 3 is 2.12 bits per heavy atom. The predicted molar refractivity (Wildman–Crippen MR) is 35.1 cm³/mol. The van der Waals surface area contributed by atoms with Gasteiger partial charge in [0.1, 0.15) is 0 Å². The number of nitrogens with one attached hydrogen (secondary N) is 1. The van der Waals surface area contributed by atoms with Crippen molar-refractivity contribution in [1.82, 2.24) is 5.32 Å². The van der Waals surface area contributed by atoms with E-state index in [1.807, 2.05) is 13.8 Å². The lowest BCUT2D eigenvalue weighted by Gasteiger charge is -2.13. The van der Waals surface area contributed by atoms with E-state index in [1.165, 1.54) is 0 Å². The van der Waals surface area contributed by atoms with E-state index in [9.17, 15) is 0 Å². The lowest BCUT2D eigenvalue weighted by molar-refractivity contribution is 0.452. The van der Waals surface area contributed by atoms with Gasteiger partial charge >= 0.3 is 0 Å². The van der Waals surface area contributed by atoms with Crippen molar-refractivity contribution in [1.29, 1.82) is 0 Å². The second-order valence-corrected chi connectivity index (χ2v) is 1.97. The van der Waals surface area contributed by atoms with Gasteiger partial charge in [-0.3, -0.25) is 5.32 Å². The van der Waals surface area contributed by atoms with E-state index in [0.29, 0.717) is 0 Å². The van der Waals surface area contributed by atoms with Gasteiger partial charge in [-0.2, -0.15) is 0 Å². The summed E-state index contributed by atoms with van der Waals surface area (Å²) in [6, 6.07) is 0. The first-order chi connectivity index (χ1) is 3.66. The Bertz CT molecular complexity index is 53.6. The van der Waals surface area contributed by atoms with Crippen LogP contribution in [-0.4, -0.2) is 12.3 Å². The molecule has 0 fully saturated rings. The van der Waals surface area contributed by atoms with Gasteiger partial charge in [0, 0.05) is 0 Å². The van der Waals surface area contributed by atoms with Gasteiger partial charge in [-0.05, 0) is 13.3 Å². The van der Waals surface area contributed by atoms with Gasteiger partial charge < -0.3 is 11.5 Å². The molecule has 0 unspecified atom stereocenters. The molecule has 0 radical (unpaired) electrons. The minimum Gasteiger partial charge on any atom is -0.316 e. The summed E-state index contributed by atoms with van der Waals surface area (Å²) in [4.78, 5) is 0. The molecule has 0 rings (SSSR count). The van der Waals surface area contributed by atoms with Crippen molar-refractivity contribution in [2.75, 3.05) is 0 Å². The first-order valence-electron chi connectivity index (χ1n) is 2.94. The minimum absolute atomic E-state index is 0.00458. The molecule has 0 aliphatic rings. The Morgan fingerprint density at radius 1 is 1.50 bits per heavy atom. The Kier molecular flexibility index (Phi) is 3.77. The fourth-order valence-electron chi connectivity index (χ4n) is 0.456. The SMILES string of the molecule is CC[C@@H](N)N[C@@H](C)N. The maximum absolute atomic E-state index is 5.48. The molecule has 3 heteroatoms. The summed E-state index contributed by atoms with van der Waals surface area (Å²) in [6.07, 6.45) is 0.974. The van der Waals surface area contributed by atoms with E-state index in [4.69, 9.17) is 11.5 Å². The van der Waals surface area contributed by atoms with E-state index in [-0.39, 0.29) is 12.3 Å². The molecule has 0 spiro atoms. The van der Waals surface area contributed by atoms with Gasteiger partial charge in [-0.1, -0.05) is 6.92 Å². The van der Waals surface area contributed by atoms with Gasteiger partial charge in [0.25, 0.3) is 0 Å². The van der Waals surface area contributed by atoms with Crippen LogP contribution in [-0.2, 0) is 0 Å². The molecule has 0 aliphatic carbocycles. The summed E-state index contributed by atoms with van der Waals surface area (Å²) < 4.78 is 0. The van der Waals surface area contributed by atoms with E-state index in [0.717, 1.165) is 6.42 Å². The standard InChI is InChI=1S/C5H15N3/c1-3-5(7)8-4(2)6/h4-5,8H,3,6-7H2,1-2H3/t4-,5-/m0/s1. The summed E-state index contributed by atoms with van der Waals surface area (Å²) >= 11 is 0. The van der Waals surface area contributed by atoms with Crippen molar-refractivity contribution in [3.63, 3.8) is 0 Å². The third-order valence-corrected chi connectivity index (χ3v) is 0.917. The summed E-state index contributed by atoms with van der Waals surface area (Å²) in [5.41, 5.74) is 10.9. The quantitative estimate of drug-likeness (QED) is 0.440. The van der Waals surface area contributed by atoms with Gasteiger partial charge in [-0.15, -0.1) is 0 Å². The average molecular weight is 117 g/mol. The molecule has 0 saturated carbocycles. The number of hydrogen-bond acceptors (Lipinski definition) is 3. The van der Waals surface area contributed by atoms with Crippen LogP contribution in [0, 0.1) is 0 Å². The van der Waals surface area contributed by atoms with Crippen LogP contribution in [0.2, 0.25) is 0 Å². The molecule has 5 N–H and O–H groups in total. The first-order valence-corrected chi connectivity index (χ1v) is 2.94. The zero-order valence-corrected chi connectivity index (χ0v) is 5.52. The van der Waals surface area contributed by atoms with Crippen LogP contribution < -0.4 is 16.8 Å². The van der Waals surface area contributed by atoms with Gasteiger partial charge in [0.15, 0.2) is 0 Å². The molecule has 0 bridgehead atoms. The summed E-state index contributed by atoms with van der Waals surface area (Å²) in [6.45, 7) is 3.88. The molecular weight excluding hydrogens is 102 g/mol. The zero-order chi connectivity index (χ0) is 6.57. The lowest BCUT2D eigenvalue weighted by atomic mass is 10.4. The number of hydrogen-bond donors (Lipinski definition) is 3. The van der Waals surface area contributed by atoms with E-state index < -0.39 is 0 Å². The minimum atomic E-state index is 0.00458. The van der Waals surface area contributed by atoms with Crippen LogP contribution in [0.3, 0.4) is 0 Å². The molecule has 8 heavy (non-hydrogen) atoms. The lowest BCUT2D eigenvalue weighted by Crippen LogP contribution is -2.46. The van der Waals surface area contributed by atoms with Crippen molar-refractivity contribution in [2.24, 2.45) is 11.5 Å². The van der Waals surface area contributed by atoms with Crippen molar-refractivity contribution in [3.8, 4) is 0 Å². The molecule has 0 saturated heterocycles. The first kappa shape index (κ1) is 7.88. The Morgan fingerprint density at radius 2 is 2.00 bits per heavy atom. The van der Waals surface area contributed by atoms with Crippen molar-refractivity contribution in [3.05, 3.63) is 0 Å². The van der Waals surface area contributed by atoms with Gasteiger partial charge in [-0.25, -0.2) is 0 Å². The number of nitrogens with two attached hydrogens (primary N) is 2. The molecule has 0 aliphatic heterocycles. The van der Waals surface area contributed by atoms with Crippen molar-refractivity contribution >= 4 is 0 Å².